The summed E-state index contributed by atoms with van der Waals surface area (Å²) in [5.74, 6) is -0.903. The molecule has 0 aromatic carbocycles. The van der Waals surface area contributed by atoms with Gasteiger partial charge in [0.1, 0.15) is 11.3 Å². The third kappa shape index (κ3) is 6.11. The molecule has 2 heterocycles. The van der Waals surface area contributed by atoms with E-state index >= 15 is 0 Å². The standard InChI is InChI=1S/C9H12N2O2.C7H12O2/c12-8-6-7(9(13)10-8)11-4-2-1-3-5-11;1-5-6(8)9-7(2,3)4/h6H,1-5H2,(H,10,12,13);5H,1H2,2-4H3. The summed E-state index contributed by atoms with van der Waals surface area (Å²) in [6.45, 7) is 10.5. The fraction of sp³-hybridized carbons (Fsp3) is 0.562. The van der Waals surface area contributed by atoms with Crippen molar-refractivity contribution in [2.45, 2.75) is 45.6 Å². The molecule has 1 fully saturated rings. The second kappa shape index (κ2) is 7.77. The number of esters is 1. The first-order chi connectivity index (χ1) is 10.2. The van der Waals surface area contributed by atoms with Crippen LogP contribution in [0.3, 0.4) is 0 Å². The highest BCUT2D eigenvalue weighted by molar-refractivity contribution is 6.15. The minimum absolute atomic E-state index is 0.244. The van der Waals surface area contributed by atoms with E-state index in [1.165, 1.54) is 12.5 Å². The van der Waals surface area contributed by atoms with Crippen molar-refractivity contribution >= 4 is 17.8 Å². The number of carbonyl (C=O) groups is 3. The molecule has 0 saturated carbocycles. The summed E-state index contributed by atoms with van der Waals surface area (Å²) in [6.07, 6.45) is 6.00. The van der Waals surface area contributed by atoms with E-state index in [1.54, 1.807) is 0 Å². The Morgan fingerprint density at radius 2 is 1.86 bits per heavy atom. The predicted octanol–water partition coefficient (Wildman–Crippen LogP) is 1.53. The van der Waals surface area contributed by atoms with Gasteiger partial charge in [0.2, 0.25) is 0 Å². The molecule has 6 heteroatoms. The normalized spacial score (nSPS) is 18.0. The van der Waals surface area contributed by atoms with Crippen molar-refractivity contribution in [1.29, 1.82) is 0 Å². The summed E-state index contributed by atoms with van der Waals surface area (Å²) >= 11 is 0. The first kappa shape index (κ1) is 17.9. The van der Waals surface area contributed by atoms with Gasteiger partial charge in [0.05, 0.1) is 0 Å². The van der Waals surface area contributed by atoms with Crippen LogP contribution in [0.1, 0.15) is 40.0 Å². The van der Waals surface area contributed by atoms with Crippen molar-refractivity contribution in [3.8, 4) is 0 Å². The van der Waals surface area contributed by atoms with E-state index in [4.69, 9.17) is 4.74 Å². The maximum absolute atomic E-state index is 11.2. The summed E-state index contributed by atoms with van der Waals surface area (Å²) < 4.78 is 4.83. The Morgan fingerprint density at radius 3 is 2.23 bits per heavy atom. The maximum atomic E-state index is 11.2. The average Bonchev–Trinajstić information content (AvgIpc) is 2.77. The lowest BCUT2D eigenvalue weighted by atomic mass is 10.1. The molecule has 1 N–H and O–H groups in total. The zero-order valence-corrected chi connectivity index (χ0v) is 13.5. The Kier molecular flexibility index (Phi) is 6.34. The molecule has 2 rings (SSSR count). The fourth-order valence-electron chi connectivity index (χ4n) is 2.11. The third-order valence-corrected chi connectivity index (χ3v) is 3.01. The number of nitrogens with one attached hydrogen (secondary N) is 1. The zero-order valence-electron chi connectivity index (χ0n) is 13.5. The highest BCUT2D eigenvalue weighted by atomic mass is 16.6. The Balaban J connectivity index is 0.000000239. The minimum atomic E-state index is -0.398. The number of carbonyl (C=O) groups excluding carboxylic acids is 3. The van der Waals surface area contributed by atoms with Gasteiger partial charge in [-0.2, -0.15) is 0 Å². The van der Waals surface area contributed by atoms with Gasteiger partial charge in [0.25, 0.3) is 11.8 Å². The van der Waals surface area contributed by atoms with Crippen molar-refractivity contribution in [1.82, 2.24) is 10.2 Å². The van der Waals surface area contributed by atoms with Gasteiger partial charge in [-0.15, -0.1) is 0 Å². The molecule has 6 nitrogen and oxygen atoms in total. The summed E-state index contributed by atoms with van der Waals surface area (Å²) in [7, 11) is 0. The van der Waals surface area contributed by atoms with Gasteiger partial charge < -0.3 is 9.64 Å². The van der Waals surface area contributed by atoms with Crippen LogP contribution in [0.25, 0.3) is 0 Å². The Hall–Kier alpha value is -2.11. The largest absolute Gasteiger partial charge is 0.457 e. The number of nitrogens with zero attached hydrogens (tertiary/aromatic N) is 1. The molecule has 2 aliphatic heterocycles. The minimum Gasteiger partial charge on any atom is -0.457 e. The van der Waals surface area contributed by atoms with E-state index in [9.17, 15) is 14.4 Å². The first-order valence-corrected chi connectivity index (χ1v) is 7.40. The van der Waals surface area contributed by atoms with Gasteiger partial charge in [0.15, 0.2) is 0 Å². The van der Waals surface area contributed by atoms with E-state index in [1.807, 2.05) is 25.7 Å². The zero-order chi connectivity index (χ0) is 16.8. The average molecular weight is 308 g/mol. The van der Waals surface area contributed by atoms with Crippen LogP contribution in [0.4, 0.5) is 0 Å². The van der Waals surface area contributed by atoms with Crippen molar-refractivity contribution in [2.75, 3.05) is 13.1 Å². The van der Waals surface area contributed by atoms with Crippen molar-refractivity contribution < 1.29 is 19.1 Å². The number of hydrogen-bond donors (Lipinski definition) is 1. The summed E-state index contributed by atoms with van der Waals surface area (Å²) in [5, 5.41) is 2.25. The molecule has 0 bridgehead atoms. The smallest absolute Gasteiger partial charge is 0.330 e. The van der Waals surface area contributed by atoms with Crippen molar-refractivity contribution in [3.63, 3.8) is 0 Å². The quantitative estimate of drug-likeness (QED) is 0.475. The highest BCUT2D eigenvalue weighted by Gasteiger charge is 2.26. The van der Waals surface area contributed by atoms with Crippen LogP contribution in [0.5, 0.6) is 0 Å². The molecular weight excluding hydrogens is 284 g/mol. The molecule has 0 radical (unpaired) electrons. The van der Waals surface area contributed by atoms with Crippen LogP contribution < -0.4 is 5.32 Å². The number of amides is 2. The summed E-state index contributed by atoms with van der Waals surface area (Å²) in [6, 6.07) is 0. The monoisotopic (exact) mass is 308 g/mol. The van der Waals surface area contributed by atoms with Crippen molar-refractivity contribution in [3.05, 3.63) is 24.4 Å². The molecule has 2 aliphatic rings. The van der Waals surface area contributed by atoms with Crippen molar-refractivity contribution in [2.24, 2.45) is 0 Å². The number of piperidine rings is 1. The van der Waals surface area contributed by atoms with E-state index in [0.717, 1.165) is 32.0 Å². The number of rotatable bonds is 2. The molecule has 1 saturated heterocycles. The summed E-state index contributed by atoms with van der Waals surface area (Å²) in [5.41, 5.74) is 0.148. The van der Waals surface area contributed by atoms with Crippen LogP contribution in [-0.4, -0.2) is 41.4 Å². The summed E-state index contributed by atoms with van der Waals surface area (Å²) in [4.78, 5) is 34.6. The van der Waals surface area contributed by atoms with Gasteiger partial charge >= 0.3 is 5.97 Å². The Labute approximate surface area is 131 Å². The van der Waals surface area contributed by atoms with Crippen LogP contribution in [0.2, 0.25) is 0 Å². The lowest BCUT2D eigenvalue weighted by Crippen LogP contribution is -2.34. The first-order valence-electron chi connectivity index (χ1n) is 7.40. The molecule has 0 spiro atoms. The topological polar surface area (TPSA) is 75.7 Å². The van der Waals surface area contributed by atoms with Gasteiger partial charge in [-0.05, 0) is 40.0 Å². The lowest BCUT2D eigenvalue weighted by Gasteiger charge is -2.28. The number of hydrogen-bond acceptors (Lipinski definition) is 5. The molecule has 0 unspecified atom stereocenters. The Morgan fingerprint density at radius 1 is 1.27 bits per heavy atom. The molecule has 2 amide bonds. The molecule has 0 aromatic heterocycles. The maximum Gasteiger partial charge on any atom is 0.330 e. The van der Waals surface area contributed by atoms with Gasteiger partial charge in [-0.25, -0.2) is 4.79 Å². The molecule has 0 aliphatic carbocycles. The van der Waals surface area contributed by atoms with E-state index in [-0.39, 0.29) is 17.8 Å². The second-order valence-electron chi connectivity index (χ2n) is 6.13. The SMILES string of the molecule is C=CC(=O)OC(C)(C)C.O=C1C=C(N2CCCCC2)C(=O)N1. The lowest BCUT2D eigenvalue weighted by molar-refractivity contribution is -0.148. The number of ether oxygens (including phenoxy) is 1. The van der Waals surface area contributed by atoms with E-state index in [0.29, 0.717) is 5.70 Å². The van der Waals surface area contributed by atoms with E-state index < -0.39 is 5.60 Å². The molecule has 0 aromatic rings. The fourth-order valence-corrected chi connectivity index (χ4v) is 2.11. The molecule has 122 valence electrons. The number of imide groups is 1. The Bertz CT molecular complexity index is 483. The van der Waals surface area contributed by atoms with Gasteiger partial charge in [-0.1, -0.05) is 6.58 Å². The van der Waals surface area contributed by atoms with Crippen LogP contribution in [0.15, 0.2) is 24.4 Å². The number of likely N-dealkylation sites (tertiary alicyclic amines) is 1. The van der Waals surface area contributed by atoms with Crippen LogP contribution in [0, 0.1) is 0 Å². The van der Waals surface area contributed by atoms with Gasteiger partial charge in [0, 0.05) is 25.2 Å². The predicted molar refractivity (Wildman–Crippen MR) is 82.7 cm³/mol. The molecular formula is C16H24N2O4. The molecule has 0 atom stereocenters. The second-order valence-corrected chi connectivity index (χ2v) is 6.13. The third-order valence-electron chi connectivity index (χ3n) is 3.01. The van der Waals surface area contributed by atoms with Crippen LogP contribution in [-0.2, 0) is 19.1 Å². The molecule has 22 heavy (non-hydrogen) atoms. The van der Waals surface area contributed by atoms with E-state index in [2.05, 4.69) is 11.9 Å². The highest BCUT2D eigenvalue weighted by Crippen LogP contribution is 2.16. The van der Waals surface area contributed by atoms with Crippen LogP contribution >= 0.6 is 0 Å². The van der Waals surface area contributed by atoms with Gasteiger partial charge in [-0.3, -0.25) is 14.9 Å².